The third-order valence-corrected chi connectivity index (χ3v) is 3.81. The number of hydrogen-bond donors (Lipinski definition) is 2. The molecule has 0 saturated carbocycles. The highest BCUT2D eigenvalue weighted by Gasteiger charge is 2.19. The maximum atomic E-state index is 12.1. The molecule has 1 aliphatic heterocycles. The number of nitrogens with one attached hydrogen (secondary N) is 1. The maximum Gasteiger partial charge on any atom is 0.321 e. The predicted molar refractivity (Wildman–Crippen MR) is 90.5 cm³/mol. The van der Waals surface area contributed by atoms with Crippen molar-refractivity contribution in [3.05, 3.63) is 24.3 Å². The van der Waals surface area contributed by atoms with Gasteiger partial charge in [0.15, 0.2) is 0 Å². The summed E-state index contributed by atoms with van der Waals surface area (Å²) in [6.45, 7) is 5.87. The van der Waals surface area contributed by atoms with Crippen LogP contribution in [-0.2, 0) is 0 Å². The van der Waals surface area contributed by atoms with E-state index in [2.05, 4.69) is 22.3 Å². The van der Waals surface area contributed by atoms with Gasteiger partial charge in [-0.05, 0) is 57.4 Å². The van der Waals surface area contributed by atoms with Crippen molar-refractivity contribution >= 4 is 17.4 Å². The normalized spacial score (nSPS) is 15.5. The second kappa shape index (κ2) is 7.01. The molecule has 1 aliphatic rings. The summed E-state index contributed by atoms with van der Waals surface area (Å²) < 4.78 is 0. The van der Waals surface area contributed by atoms with E-state index in [1.807, 2.05) is 12.1 Å². The lowest BCUT2D eigenvalue weighted by atomic mass is 10.1. The van der Waals surface area contributed by atoms with E-state index in [0.29, 0.717) is 0 Å². The van der Waals surface area contributed by atoms with Crippen molar-refractivity contribution in [1.29, 1.82) is 0 Å². The molecule has 1 fully saturated rings. The van der Waals surface area contributed by atoms with Crippen LogP contribution in [0.1, 0.15) is 33.1 Å². The van der Waals surface area contributed by atoms with Gasteiger partial charge in [-0.3, -0.25) is 0 Å². The van der Waals surface area contributed by atoms with Crippen molar-refractivity contribution in [2.45, 2.75) is 38.7 Å². The second-order valence-corrected chi connectivity index (χ2v) is 6.69. The van der Waals surface area contributed by atoms with E-state index in [9.17, 15) is 9.90 Å². The first-order chi connectivity index (χ1) is 10.3. The van der Waals surface area contributed by atoms with Crippen molar-refractivity contribution in [3.63, 3.8) is 0 Å². The van der Waals surface area contributed by atoms with Gasteiger partial charge in [0.05, 0.1) is 12.1 Å². The molecule has 22 heavy (non-hydrogen) atoms. The smallest absolute Gasteiger partial charge is 0.321 e. The molecule has 0 bridgehead atoms. The van der Waals surface area contributed by atoms with Crippen molar-refractivity contribution < 1.29 is 9.90 Å². The van der Waals surface area contributed by atoms with Crippen molar-refractivity contribution in [1.82, 2.24) is 4.90 Å². The highest BCUT2D eigenvalue weighted by molar-refractivity contribution is 5.89. The van der Waals surface area contributed by atoms with Gasteiger partial charge >= 0.3 is 6.03 Å². The average Bonchev–Trinajstić information content (AvgIpc) is 2.47. The molecule has 0 aromatic heterocycles. The Hall–Kier alpha value is -1.75. The summed E-state index contributed by atoms with van der Waals surface area (Å²) in [5.74, 6) is 0. The van der Waals surface area contributed by atoms with Crippen molar-refractivity contribution in [2.24, 2.45) is 0 Å². The number of carbonyl (C=O) groups is 1. The van der Waals surface area contributed by atoms with Crippen LogP contribution in [0.25, 0.3) is 0 Å². The van der Waals surface area contributed by atoms with Crippen LogP contribution in [0.5, 0.6) is 0 Å². The first-order valence-corrected chi connectivity index (χ1v) is 7.95. The fourth-order valence-corrected chi connectivity index (χ4v) is 2.78. The molecule has 0 spiro atoms. The standard InChI is InChI=1S/C17H27N3O2/c1-17(2,22)13-19(3)16(21)18-14-7-9-15(10-8-14)20-11-5-4-6-12-20/h7-10,22H,4-6,11-13H2,1-3H3,(H,18,21). The first kappa shape index (κ1) is 16.6. The molecule has 0 aliphatic carbocycles. The predicted octanol–water partition coefficient (Wildman–Crippen LogP) is 2.91. The zero-order chi connectivity index (χ0) is 16.2. The minimum atomic E-state index is -0.899. The lowest BCUT2D eigenvalue weighted by Gasteiger charge is -2.29. The fraction of sp³-hybridized carbons (Fsp3) is 0.588. The van der Waals surface area contributed by atoms with Crippen LogP contribution >= 0.6 is 0 Å². The largest absolute Gasteiger partial charge is 0.389 e. The molecule has 2 amide bonds. The highest BCUT2D eigenvalue weighted by Crippen LogP contribution is 2.22. The quantitative estimate of drug-likeness (QED) is 0.899. The second-order valence-electron chi connectivity index (χ2n) is 6.69. The molecular weight excluding hydrogens is 278 g/mol. The summed E-state index contributed by atoms with van der Waals surface area (Å²) in [7, 11) is 1.68. The molecule has 2 rings (SSSR count). The molecule has 1 heterocycles. The van der Waals surface area contributed by atoms with E-state index in [1.165, 1.54) is 29.8 Å². The van der Waals surface area contributed by atoms with Gasteiger partial charge in [0.2, 0.25) is 0 Å². The van der Waals surface area contributed by atoms with Gasteiger partial charge < -0.3 is 20.2 Å². The van der Waals surface area contributed by atoms with E-state index >= 15 is 0 Å². The Morgan fingerprint density at radius 3 is 2.36 bits per heavy atom. The molecule has 0 atom stereocenters. The molecule has 2 N–H and O–H groups in total. The summed E-state index contributed by atoms with van der Waals surface area (Å²) in [6, 6.07) is 7.75. The summed E-state index contributed by atoms with van der Waals surface area (Å²) in [5, 5.41) is 12.6. The first-order valence-electron chi connectivity index (χ1n) is 7.95. The number of piperidine rings is 1. The average molecular weight is 305 g/mol. The summed E-state index contributed by atoms with van der Waals surface area (Å²) >= 11 is 0. The SMILES string of the molecule is CN(CC(C)(C)O)C(=O)Nc1ccc(N2CCCCC2)cc1. The van der Waals surface area contributed by atoms with E-state index < -0.39 is 5.60 Å². The lowest BCUT2D eigenvalue weighted by Crippen LogP contribution is -2.41. The van der Waals surface area contributed by atoms with Gasteiger partial charge in [0, 0.05) is 31.5 Å². The molecule has 1 saturated heterocycles. The minimum absolute atomic E-state index is 0.215. The lowest BCUT2D eigenvalue weighted by molar-refractivity contribution is 0.0550. The monoisotopic (exact) mass is 305 g/mol. The van der Waals surface area contributed by atoms with Crippen LogP contribution in [0, 0.1) is 0 Å². The molecule has 0 radical (unpaired) electrons. The third-order valence-electron chi connectivity index (χ3n) is 3.81. The minimum Gasteiger partial charge on any atom is -0.389 e. The van der Waals surface area contributed by atoms with Crippen molar-refractivity contribution in [2.75, 3.05) is 36.9 Å². The van der Waals surface area contributed by atoms with Gasteiger partial charge in [-0.25, -0.2) is 4.79 Å². The zero-order valence-electron chi connectivity index (χ0n) is 13.8. The van der Waals surface area contributed by atoms with Crippen LogP contribution in [-0.4, -0.2) is 48.3 Å². The third kappa shape index (κ3) is 4.91. The Labute approximate surface area is 132 Å². The molecule has 1 aromatic rings. The number of likely N-dealkylation sites (N-methyl/N-ethyl adjacent to an activating group) is 1. The van der Waals surface area contributed by atoms with Gasteiger partial charge in [-0.1, -0.05) is 0 Å². The Bertz CT molecular complexity index is 488. The number of carbonyl (C=O) groups excluding carboxylic acids is 1. The van der Waals surface area contributed by atoms with E-state index in [-0.39, 0.29) is 12.6 Å². The van der Waals surface area contributed by atoms with E-state index in [1.54, 1.807) is 20.9 Å². The van der Waals surface area contributed by atoms with Crippen LogP contribution in [0.2, 0.25) is 0 Å². The van der Waals surface area contributed by atoms with Gasteiger partial charge in [0.25, 0.3) is 0 Å². The van der Waals surface area contributed by atoms with Crippen LogP contribution in [0.15, 0.2) is 24.3 Å². The highest BCUT2D eigenvalue weighted by atomic mass is 16.3. The molecule has 122 valence electrons. The Morgan fingerprint density at radius 1 is 1.23 bits per heavy atom. The van der Waals surface area contributed by atoms with Crippen LogP contribution < -0.4 is 10.2 Å². The Balaban J connectivity index is 1.91. The Morgan fingerprint density at radius 2 is 1.82 bits per heavy atom. The van der Waals surface area contributed by atoms with E-state index in [4.69, 9.17) is 0 Å². The summed E-state index contributed by atoms with van der Waals surface area (Å²) in [6.07, 6.45) is 3.82. The number of urea groups is 1. The molecule has 1 aromatic carbocycles. The number of benzene rings is 1. The van der Waals surface area contributed by atoms with Crippen molar-refractivity contribution in [3.8, 4) is 0 Å². The molecule has 0 unspecified atom stereocenters. The maximum absolute atomic E-state index is 12.1. The van der Waals surface area contributed by atoms with Gasteiger partial charge in [0.1, 0.15) is 0 Å². The number of rotatable bonds is 4. The number of nitrogens with zero attached hydrogens (tertiary/aromatic N) is 2. The van der Waals surface area contributed by atoms with Gasteiger partial charge in [-0.15, -0.1) is 0 Å². The molecule has 5 heteroatoms. The van der Waals surface area contributed by atoms with E-state index in [0.717, 1.165) is 18.8 Å². The van der Waals surface area contributed by atoms with Crippen LogP contribution in [0.3, 0.4) is 0 Å². The number of aliphatic hydroxyl groups is 1. The number of anilines is 2. The Kier molecular flexibility index (Phi) is 5.29. The number of amides is 2. The number of hydrogen-bond acceptors (Lipinski definition) is 3. The summed E-state index contributed by atoms with van der Waals surface area (Å²) in [5.41, 5.74) is 1.08. The zero-order valence-corrected chi connectivity index (χ0v) is 13.8. The van der Waals surface area contributed by atoms with Crippen LogP contribution in [0.4, 0.5) is 16.2 Å². The molecular formula is C17H27N3O2. The molecule has 5 nitrogen and oxygen atoms in total. The topological polar surface area (TPSA) is 55.8 Å². The van der Waals surface area contributed by atoms with Gasteiger partial charge in [-0.2, -0.15) is 0 Å². The summed E-state index contributed by atoms with van der Waals surface area (Å²) in [4.78, 5) is 15.9. The fourth-order valence-electron chi connectivity index (χ4n) is 2.78.